The lowest BCUT2D eigenvalue weighted by Gasteiger charge is -1.79. The maximum absolute atomic E-state index is 10.0. The summed E-state index contributed by atoms with van der Waals surface area (Å²) >= 11 is 3.13. The molecule has 0 atom stereocenters. The first-order chi connectivity index (χ1) is 2.77. The van der Waals surface area contributed by atoms with E-state index >= 15 is 0 Å². The highest BCUT2D eigenvalue weighted by atomic mass is 79.9. The van der Waals surface area contributed by atoms with Crippen LogP contribution in [-0.4, -0.2) is 18.9 Å². The molecule has 0 rings (SSSR count). The Labute approximate surface area is 46.6 Å². The lowest BCUT2D eigenvalue weighted by atomic mass is 10.0. The number of carbonyl (C=O) groups excluding carboxylic acids is 1. The van der Waals surface area contributed by atoms with Crippen LogP contribution in [0.3, 0.4) is 0 Å². The Kier molecular flexibility index (Phi) is 3.53. The zero-order valence-corrected chi connectivity index (χ0v) is 5.29. The summed E-state index contributed by atoms with van der Waals surface area (Å²) in [6, 6.07) is 0. The number of halogens is 1. The van der Waals surface area contributed by atoms with E-state index in [-0.39, 0.29) is 5.68 Å². The molecule has 0 spiro atoms. The molecule has 0 saturated heterocycles. The van der Waals surface area contributed by atoms with Crippen LogP contribution in [0.1, 0.15) is 6.42 Å². The van der Waals surface area contributed by atoms with Gasteiger partial charge in [-0.15, -0.1) is 0 Å². The molecule has 0 aliphatic rings. The molecule has 0 aliphatic carbocycles. The second-order valence-corrected chi connectivity index (χ2v) is 1.93. The van der Waals surface area contributed by atoms with Crippen molar-refractivity contribution in [3.8, 4) is 0 Å². The summed E-state index contributed by atoms with van der Waals surface area (Å²) in [5.74, 6) is 0. The van der Waals surface area contributed by atoms with Crippen molar-refractivity contribution in [2.75, 3.05) is 5.33 Å². The minimum atomic E-state index is 0.242. The van der Waals surface area contributed by atoms with Gasteiger partial charge in [0.25, 0.3) is 0 Å². The van der Waals surface area contributed by atoms with Gasteiger partial charge in [-0.2, -0.15) is 0 Å². The summed E-state index contributed by atoms with van der Waals surface area (Å²) in [5.41, 5.74) is 0.242. The Morgan fingerprint density at radius 2 is 2.33 bits per heavy atom. The summed E-state index contributed by atoms with van der Waals surface area (Å²) in [4.78, 5) is 10.0. The molecule has 3 heteroatoms. The topological polar surface area (TPSA) is 17.1 Å². The standard InChI is InChI=1S/C3H6BBrO/c4-3(6)1-2-5/h1-2,4H2. The van der Waals surface area contributed by atoms with Crippen molar-refractivity contribution in [1.82, 2.24) is 0 Å². The van der Waals surface area contributed by atoms with Crippen LogP contribution >= 0.6 is 15.9 Å². The third-order valence-electron chi connectivity index (χ3n) is 0.447. The zero-order chi connectivity index (χ0) is 4.99. The molecule has 0 amide bonds. The SMILES string of the molecule is BC(=O)CCBr. The predicted molar refractivity (Wildman–Crippen MR) is 32.0 cm³/mol. The van der Waals surface area contributed by atoms with Crippen LogP contribution in [0.2, 0.25) is 0 Å². The van der Waals surface area contributed by atoms with Crippen molar-refractivity contribution in [1.29, 1.82) is 0 Å². The lowest BCUT2D eigenvalue weighted by Crippen LogP contribution is -1.94. The minimum Gasteiger partial charge on any atom is -0.312 e. The van der Waals surface area contributed by atoms with E-state index in [4.69, 9.17) is 0 Å². The van der Waals surface area contributed by atoms with Crippen molar-refractivity contribution < 1.29 is 4.79 Å². The molecule has 0 fully saturated rings. The largest absolute Gasteiger partial charge is 0.312 e. The van der Waals surface area contributed by atoms with Crippen LogP contribution in [0.25, 0.3) is 0 Å². The highest BCUT2D eigenvalue weighted by molar-refractivity contribution is 9.09. The van der Waals surface area contributed by atoms with Gasteiger partial charge in [-0.3, -0.25) is 0 Å². The van der Waals surface area contributed by atoms with Gasteiger partial charge in [-0.05, 0) is 0 Å². The molecule has 0 aromatic carbocycles. The second-order valence-electron chi connectivity index (χ2n) is 1.14. The third kappa shape index (κ3) is 4.21. The van der Waals surface area contributed by atoms with Crippen LogP contribution in [0, 0.1) is 0 Å². The lowest BCUT2D eigenvalue weighted by molar-refractivity contribution is -0.111. The summed E-state index contributed by atoms with van der Waals surface area (Å²) in [5, 5.41) is 0.794. The maximum Gasteiger partial charge on any atom is 0.187 e. The van der Waals surface area contributed by atoms with E-state index in [1.807, 2.05) is 0 Å². The van der Waals surface area contributed by atoms with E-state index < -0.39 is 0 Å². The molecule has 0 saturated carbocycles. The van der Waals surface area contributed by atoms with E-state index in [1.54, 1.807) is 7.85 Å². The van der Waals surface area contributed by atoms with Gasteiger partial charge in [0.2, 0.25) is 0 Å². The Morgan fingerprint density at radius 1 is 1.83 bits per heavy atom. The number of rotatable bonds is 2. The molecule has 0 aliphatic heterocycles. The fourth-order valence-electron chi connectivity index (χ4n) is 0.133. The molecule has 6 heavy (non-hydrogen) atoms. The van der Waals surface area contributed by atoms with Gasteiger partial charge >= 0.3 is 0 Å². The van der Waals surface area contributed by atoms with Gasteiger partial charge in [0.15, 0.2) is 7.85 Å². The number of hydrogen-bond acceptors (Lipinski definition) is 1. The second kappa shape index (κ2) is 3.41. The monoisotopic (exact) mass is 148 g/mol. The number of hydrogen-bond donors (Lipinski definition) is 0. The molecule has 0 unspecified atom stereocenters. The van der Waals surface area contributed by atoms with Gasteiger partial charge in [0.1, 0.15) is 0 Å². The fourth-order valence-corrected chi connectivity index (χ4v) is 0.691. The first-order valence-corrected chi connectivity index (χ1v) is 2.95. The zero-order valence-electron chi connectivity index (χ0n) is 3.70. The van der Waals surface area contributed by atoms with Gasteiger partial charge < -0.3 is 4.79 Å². The quantitative estimate of drug-likeness (QED) is 0.396. The Bertz CT molecular complexity index is 54.8. The highest BCUT2D eigenvalue weighted by Crippen LogP contribution is 1.83. The van der Waals surface area contributed by atoms with Crippen molar-refractivity contribution in [3.63, 3.8) is 0 Å². The van der Waals surface area contributed by atoms with E-state index in [0.717, 1.165) is 5.33 Å². The Morgan fingerprint density at radius 3 is 2.33 bits per heavy atom. The number of alkyl halides is 1. The van der Waals surface area contributed by atoms with Crippen molar-refractivity contribution in [2.45, 2.75) is 6.42 Å². The van der Waals surface area contributed by atoms with Crippen LogP contribution in [0.4, 0.5) is 0 Å². The van der Waals surface area contributed by atoms with E-state index in [9.17, 15) is 4.79 Å². The third-order valence-corrected chi connectivity index (χ3v) is 0.843. The first kappa shape index (κ1) is 6.21. The normalized spacial score (nSPS) is 8.17. The summed E-state index contributed by atoms with van der Waals surface area (Å²) in [7, 11) is 1.58. The van der Waals surface area contributed by atoms with E-state index in [1.165, 1.54) is 0 Å². The fraction of sp³-hybridized carbons (Fsp3) is 0.667. The average molecular weight is 149 g/mol. The smallest absolute Gasteiger partial charge is 0.187 e. The van der Waals surface area contributed by atoms with Gasteiger partial charge in [0, 0.05) is 11.8 Å². The Balaban J connectivity index is 2.83. The summed E-state index contributed by atoms with van der Waals surface area (Å²) < 4.78 is 0. The van der Waals surface area contributed by atoms with E-state index in [0.29, 0.717) is 6.42 Å². The van der Waals surface area contributed by atoms with Gasteiger partial charge in [-0.1, -0.05) is 15.9 Å². The molecular formula is C3H6BBrO. The molecule has 0 N–H and O–H groups in total. The van der Waals surface area contributed by atoms with E-state index in [2.05, 4.69) is 15.9 Å². The predicted octanol–water partition coefficient (Wildman–Crippen LogP) is -0.0689. The van der Waals surface area contributed by atoms with Gasteiger partial charge in [0.05, 0.1) is 5.68 Å². The molecule has 34 valence electrons. The van der Waals surface area contributed by atoms with Crippen LogP contribution < -0.4 is 0 Å². The van der Waals surface area contributed by atoms with Crippen LogP contribution in [0.5, 0.6) is 0 Å². The minimum absolute atomic E-state index is 0.242. The van der Waals surface area contributed by atoms with Crippen LogP contribution in [0.15, 0.2) is 0 Å². The summed E-state index contributed by atoms with van der Waals surface area (Å²) in [6.07, 6.45) is 0.653. The molecule has 0 heterocycles. The molecule has 0 aromatic rings. The van der Waals surface area contributed by atoms with Gasteiger partial charge in [-0.25, -0.2) is 0 Å². The summed E-state index contributed by atoms with van der Waals surface area (Å²) in [6.45, 7) is 0. The molecule has 0 radical (unpaired) electrons. The maximum atomic E-state index is 10.0. The Hall–Kier alpha value is 0.215. The first-order valence-electron chi connectivity index (χ1n) is 1.82. The molecule has 0 bridgehead atoms. The molecule has 1 nitrogen and oxygen atoms in total. The van der Waals surface area contributed by atoms with Crippen LogP contribution in [-0.2, 0) is 4.79 Å². The van der Waals surface area contributed by atoms with Crippen molar-refractivity contribution in [2.24, 2.45) is 0 Å². The van der Waals surface area contributed by atoms with Crippen molar-refractivity contribution >= 4 is 29.5 Å². The average Bonchev–Trinajstić information content (AvgIpc) is 1.35. The molecule has 0 aromatic heterocycles. The highest BCUT2D eigenvalue weighted by Gasteiger charge is 1.85. The number of carbonyl (C=O) groups is 1. The van der Waals surface area contributed by atoms with Crippen molar-refractivity contribution in [3.05, 3.63) is 0 Å². The molecular weight excluding hydrogens is 143 g/mol.